The molecule has 0 unspecified atom stereocenters. The van der Waals surface area contributed by atoms with Gasteiger partial charge in [-0.1, -0.05) is 12.1 Å². The molecular formula is C21H17FN2O5. The number of ether oxygens (including phenoxy) is 1. The zero-order chi connectivity index (χ0) is 20.7. The van der Waals surface area contributed by atoms with Gasteiger partial charge in [-0.25, -0.2) is 9.18 Å². The van der Waals surface area contributed by atoms with Crippen LogP contribution in [0.2, 0.25) is 0 Å². The van der Waals surface area contributed by atoms with Crippen LogP contribution in [0.1, 0.15) is 23.0 Å². The van der Waals surface area contributed by atoms with E-state index in [1.807, 2.05) is 0 Å². The number of nitrogens with one attached hydrogen (secondary N) is 1. The van der Waals surface area contributed by atoms with E-state index in [4.69, 9.17) is 9.15 Å². The summed E-state index contributed by atoms with van der Waals surface area (Å²) < 4.78 is 24.2. The van der Waals surface area contributed by atoms with Gasteiger partial charge in [-0.15, -0.1) is 0 Å². The molecule has 7 nitrogen and oxygen atoms in total. The average molecular weight is 396 g/mol. The normalized spacial score (nSPS) is 14.3. The summed E-state index contributed by atoms with van der Waals surface area (Å²) in [5.41, 5.74) is 1.80. The lowest BCUT2D eigenvalue weighted by Crippen LogP contribution is -2.47. The van der Waals surface area contributed by atoms with Crippen LogP contribution in [0.5, 0.6) is 0 Å². The molecule has 1 N–H and O–H groups in total. The van der Waals surface area contributed by atoms with Gasteiger partial charge < -0.3 is 14.5 Å². The number of hydrogen-bond acceptors (Lipinski definition) is 5. The number of anilines is 2. The van der Waals surface area contributed by atoms with E-state index in [-0.39, 0.29) is 18.2 Å². The molecule has 0 aliphatic carbocycles. The van der Waals surface area contributed by atoms with Crippen molar-refractivity contribution >= 4 is 40.1 Å². The fourth-order valence-electron chi connectivity index (χ4n) is 3.30. The molecule has 0 radical (unpaired) electrons. The molecule has 3 aromatic rings. The monoisotopic (exact) mass is 396 g/mol. The molecule has 0 saturated carbocycles. The molecule has 0 bridgehead atoms. The maximum Gasteiger partial charge on any atom is 0.375 e. The van der Waals surface area contributed by atoms with Crippen LogP contribution in [0.3, 0.4) is 0 Å². The summed E-state index contributed by atoms with van der Waals surface area (Å²) in [6.45, 7) is 2.85. The summed E-state index contributed by atoms with van der Waals surface area (Å²) in [5, 5.41) is 3.15. The maximum atomic E-state index is 13.5. The number of amides is 2. The summed E-state index contributed by atoms with van der Waals surface area (Å²) in [5.74, 6) is -2.27. The molecule has 1 aromatic heterocycles. The van der Waals surface area contributed by atoms with Crippen LogP contribution in [-0.2, 0) is 14.3 Å². The van der Waals surface area contributed by atoms with Crippen LogP contribution in [-0.4, -0.2) is 30.4 Å². The standard InChI is InChI=1S/C21H17FN2O5/c1-11-14-9-13(22)7-8-17(14)29-19(11)21(27)28-12(2)20(26)24-10-18(25)23-15-5-3-4-6-16(15)24/h3-9,12H,10H2,1-2H3,(H,23,25)/t12-/m0/s1. The third-order valence-electron chi connectivity index (χ3n) is 4.75. The number of carbonyl (C=O) groups excluding carboxylic acids is 3. The van der Waals surface area contributed by atoms with Crippen LogP contribution in [0.15, 0.2) is 46.9 Å². The molecule has 2 heterocycles. The third kappa shape index (κ3) is 3.33. The highest BCUT2D eigenvalue weighted by Crippen LogP contribution is 2.30. The lowest BCUT2D eigenvalue weighted by atomic mass is 10.1. The number of rotatable bonds is 3. The molecule has 0 saturated heterocycles. The zero-order valence-corrected chi connectivity index (χ0v) is 15.7. The Morgan fingerprint density at radius 1 is 1.24 bits per heavy atom. The number of hydrogen-bond donors (Lipinski definition) is 1. The van der Waals surface area contributed by atoms with E-state index in [9.17, 15) is 18.8 Å². The largest absolute Gasteiger partial charge is 0.449 e. The molecule has 29 heavy (non-hydrogen) atoms. The van der Waals surface area contributed by atoms with Gasteiger partial charge >= 0.3 is 5.97 Å². The van der Waals surface area contributed by atoms with E-state index in [2.05, 4.69) is 5.32 Å². The smallest absolute Gasteiger partial charge is 0.375 e. The number of fused-ring (bicyclic) bond motifs is 2. The number of benzene rings is 2. The van der Waals surface area contributed by atoms with E-state index >= 15 is 0 Å². The van der Waals surface area contributed by atoms with E-state index in [0.29, 0.717) is 27.9 Å². The predicted molar refractivity (Wildman–Crippen MR) is 103 cm³/mol. The molecule has 148 valence electrons. The SMILES string of the molecule is Cc1c(C(=O)O[C@@H](C)C(=O)N2CC(=O)Nc3ccccc32)oc2ccc(F)cc12. The molecule has 2 aromatic carbocycles. The Morgan fingerprint density at radius 3 is 2.79 bits per heavy atom. The van der Waals surface area contributed by atoms with Crippen molar-refractivity contribution in [3.8, 4) is 0 Å². The number of halogens is 1. The number of para-hydroxylation sites is 2. The maximum absolute atomic E-state index is 13.5. The highest BCUT2D eigenvalue weighted by molar-refractivity contribution is 6.11. The summed E-state index contributed by atoms with van der Waals surface area (Å²) in [7, 11) is 0. The zero-order valence-electron chi connectivity index (χ0n) is 15.7. The van der Waals surface area contributed by atoms with Crippen LogP contribution in [0, 0.1) is 12.7 Å². The molecule has 2 amide bonds. The quantitative estimate of drug-likeness (QED) is 0.686. The molecule has 8 heteroatoms. The van der Waals surface area contributed by atoms with E-state index in [1.54, 1.807) is 31.2 Å². The number of carbonyl (C=O) groups is 3. The Morgan fingerprint density at radius 2 is 2.00 bits per heavy atom. The topological polar surface area (TPSA) is 88.9 Å². The van der Waals surface area contributed by atoms with Crippen molar-refractivity contribution in [2.24, 2.45) is 0 Å². The minimum Gasteiger partial charge on any atom is -0.449 e. The molecule has 4 rings (SSSR count). The first-order valence-corrected chi connectivity index (χ1v) is 8.95. The van der Waals surface area contributed by atoms with E-state index in [0.717, 1.165) is 0 Å². The van der Waals surface area contributed by atoms with Gasteiger partial charge in [0.25, 0.3) is 5.91 Å². The number of nitrogens with zero attached hydrogens (tertiary/aromatic N) is 1. The molecule has 0 fully saturated rings. The lowest BCUT2D eigenvalue weighted by Gasteiger charge is -2.30. The number of aryl methyl sites for hydroxylation is 1. The first-order valence-electron chi connectivity index (χ1n) is 8.95. The van der Waals surface area contributed by atoms with E-state index in [1.165, 1.54) is 30.0 Å². The molecule has 1 aliphatic rings. The number of esters is 1. The Kier molecular flexibility index (Phi) is 4.54. The van der Waals surface area contributed by atoms with Gasteiger partial charge in [-0.3, -0.25) is 14.5 Å². The van der Waals surface area contributed by atoms with Crippen LogP contribution < -0.4 is 10.2 Å². The molecular weight excluding hydrogens is 379 g/mol. The van der Waals surface area contributed by atoms with Crippen molar-refractivity contribution in [1.82, 2.24) is 0 Å². The Bertz CT molecular complexity index is 1150. The molecule has 1 aliphatic heterocycles. The molecule has 0 spiro atoms. The van der Waals surface area contributed by atoms with Crippen molar-refractivity contribution in [3.63, 3.8) is 0 Å². The van der Waals surface area contributed by atoms with Crippen molar-refractivity contribution in [1.29, 1.82) is 0 Å². The summed E-state index contributed by atoms with van der Waals surface area (Å²) in [6, 6.07) is 10.8. The minimum atomic E-state index is -1.16. The Balaban J connectivity index is 1.56. The van der Waals surface area contributed by atoms with Gasteiger partial charge in [0.15, 0.2) is 6.10 Å². The third-order valence-corrected chi connectivity index (χ3v) is 4.75. The first kappa shape index (κ1) is 18.7. The van der Waals surface area contributed by atoms with Crippen molar-refractivity contribution < 1.29 is 27.9 Å². The van der Waals surface area contributed by atoms with E-state index < -0.39 is 23.8 Å². The van der Waals surface area contributed by atoms with Crippen molar-refractivity contribution in [2.75, 3.05) is 16.8 Å². The van der Waals surface area contributed by atoms with Gasteiger partial charge in [0, 0.05) is 10.9 Å². The average Bonchev–Trinajstić information content (AvgIpc) is 3.02. The van der Waals surface area contributed by atoms with Crippen LogP contribution >= 0.6 is 0 Å². The van der Waals surface area contributed by atoms with Crippen molar-refractivity contribution in [2.45, 2.75) is 20.0 Å². The Hall–Kier alpha value is -3.68. The summed E-state index contributed by atoms with van der Waals surface area (Å²) >= 11 is 0. The Labute approximate surface area is 165 Å². The second-order valence-corrected chi connectivity index (χ2v) is 6.73. The summed E-state index contributed by atoms with van der Waals surface area (Å²) in [4.78, 5) is 38.6. The summed E-state index contributed by atoms with van der Waals surface area (Å²) in [6.07, 6.45) is -1.16. The second-order valence-electron chi connectivity index (χ2n) is 6.73. The predicted octanol–water partition coefficient (Wildman–Crippen LogP) is 3.41. The van der Waals surface area contributed by atoms with Gasteiger partial charge in [0.05, 0.1) is 11.4 Å². The number of furan rings is 1. The first-order chi connectivity index (χ1) is 13.8. The van der Waals surface area contributed by atoms with Crippen LogP contribution in [0.4, 0.5) is 15.8 Å². The lowest BCUT2D eigenvalue weighted by molar-refractivity contribution is -0.128. The van der Waals surface area contributed by atoms with Crippen molar-refractivity contribution in [3.05, 3.63) is 59.6 Å². The highest BCUT2D eigenvalue weighted by Gasteiger charge is 2.32. The van der Waals surface area contributed by atoms with Gasteiger partial charge in [0.2, 0.25) is 11.7 Å². The van der Waals surface area contributed by atoms with Crippen LogP contribution in [0.25, 0.3) is 11.0 Å². The fourth-order valence-corrected chi connectivity index (χ4v) is 3.30. The fraction of sp³-hybridized carbons (Fsp3) is 0.190. The van der Waals surface area contributed by atoms with Gasteiger partial charge in [0.1, 0.15) is 17.9 Å². The van der Waals surface area contributed by atoms with Gasteiger partial charge in [-0.05, 0) is 44.2 Å². The second kappa shape index (κ2) is 7.05. The van der Waals surface area contributed by atoms with Gasteiger partial charge in [-0.2, -0.15) is 0 Å². The minimum absolute atomic E-state index is 0.0953. The highest BCUT2D eigenvalue weighted by atomic mass is 19.1. The molecule has 1 atom stereocenters.